The number of hydrogen-bond acceptors (Lipinski definition) is 4. The van der Waals surface area contributed by atoms with Crippen molar-refractivity contribution in [2.75, 3.05) is 7.11 Å². The minimum absolute atomic E-state index is 0.127. The van der Waals surface area contributed by atoms with E-state index in [4.69, 9.17) is 4.74 Å². The molecule has 6 nitrogen and oxygen atoms in total. The van der Waals surface area contributed by atoms with Crippen LogP contribution in [0, 0.1) is 6.92 Å². The monoisotopic (exact) mass is 234 g/mol. The second-order valence-corrected chi connectivity index (χ2v) is 3.83. The van der Waals surface area contributed by atoms with Crippen molar-refractivity contribution in [3.63, 3.8) is 0 Å². The molecule has 17 heavy (non-hydrogen) atoms. The molecule has 2 aromatic rings. The van der Waals surface area contributed by atoms with Crippen LogP contribution in [0.2, 0.25) is 0 Å². The van der Waals surface area contributed by atoms with Gasteiger partial charge in [-0.1, -0.05) is 0 Å². The van der Waals surface area contributed by atoms with E-state index in [0.29, 0.717) is 18.2 Å². The van der Waals surface area contributed by atoms with Crippen LogP contribution in [0.1, 0.15) is 11.3 Å². The van der Waals surface area contributed by atoms with Crippen molar-refractivity contribution < 1.29 is 4.74 Å². The molecule has 0 spiro atoms. The molecule has 6 heteroatoms. The fourth-order valence-corrected chi connectivity index (χ4v) is 1.63. The first-order valence-electron chi connectivity index (χ1n) is 5.20. The lowest BCUT2D eigenvalue weighted by Gasteiger charge is -2.09. The number of hydrogen-bond donors (Lipinski definition) is 0. The summed E-state index contributed by atoms with van der Waals surface area (Å²) in [5, 5.41) is 4.06. The Labute approximate surface area is 98.5 Å². The van der Waals surface area contributed by atoms with Crippen molar-refractivity contribution in [3.05, 3.63) is 40.1 Å². The molecule has 2 heterocycles. The maximum atomic E-state index is 11.8. The lowest BCUT2D eigenvalue weighted by atomic mass is 10.3. The molecule has 2 aromatic heterocycles. The van der Waals surface area contributed by atoms with Crippen LogP contribution < -0.4 is 10.3 Å². The van der Waals surface area contributed by atoms with Gasteiger partial charge in [-0.3, -0.25) is 14.0 Å². The van der Waals surface area contributed by atoms with Crippen LogP contribution >= 0.6 is 0 Å². The molecule has 0 aromatic carbocycles. The molecule has 0 fully saturated rings. The van der Waals surface area contributed by atoms with E-state index in [1.54, 1.807) is 17.8 Å². The van der Waals surface area contributed by atoms with Crippen LogP contribution in [-0.2, 0) is 13.6 Å². The summed E-state index contributed by atoms with van der Waals surface area (Å²) in [7, 11) is 3.33. The minimum atomic E-state index is -0.127. The Morgan fingerprint density at radius 1 is 1.47 bits per heavy atom. The van der Waals surface area contributed by atoms with Gasteiger partial charge in [0.1, 0.15) is 0 Å². The molecule has 90 valence electrons. The molecule has 0 bridgehead atoms. The molecule has 0 aliphatic heterocycles. The van der Waals surface area contributed by atoms with Crippen molar-refractivity contribution in [2.45, 2.75) is 13.5 Å². The SMILES string of the molecule is COc1nc(C)cc(=O)n1Cc1cnn(C)c1. The van der Waals surface area contributed by atoms with Gasteiger partial charge in [0.15, 0.2) is 0 Å². The van der Waals surface area contributed by atoms with Crippen molar-refractivity contribution in [1.82, 2.24) is 19.3 Å². The lowest BCUT2D eigenvalue weighted by molar-refractivity contribution is 0.350. The first-order valence-corrected chi connectivity index (χ1v) is 5.20. The molecule has 0 amide bonds. The minimum Gasteiger partial charge on any atom is -0.468 e. The third-order valence-electron chi connectivity index (χ3n) is 2.38. The first-order chi connectivity index (χ1) is 8.10. The molecule has 0 saturated carbocycles. The third-order valence-corrected chi connectivity index (χ3v) is 2.38. The topological polar surface area (TPSA) is 61.9 Å². The zero-order valence-corrected chi connectivity index (χ0v) is 10.0. The second kappa shape index (κ2) is 4.40. The number of methoxy groups -OCH3 is 1. The van der Waals surface area contributed by atoms with E-state index < -0.39 is 0 Å². The largest absolute Gasteiger partial charge is 0.468 e. The Hall–Kier alpha value is -2.11. The standard InChI is InChI=1S/C11H14N4O2/c1-8-4-10(16)15(11(13-8)17-3)7-9-5-12-14(2)6-9/h4-6H,7H2,1-3H3. The Bertz CT molecular complexity index is 585. The van der Waals surface area contributed by atoms with Crippen LogP contribution in [0.25, 0.3) is 0 Å². The van der Waals surface area contributed by atoms with E-state index in [1.165, 1.54) is 17.7 Å². The van der Waals surface area contributed by atoms with Crippen molar-refractivity contribution in [3.8, 4) is 6.01 Å². The highest BCUT2D eigenvalue weighted by Gasteiger charge is 2.08. The van der Waals surface area contributed by atoms with Gasteiger partial charge in [0.05, 0.1) is 19.9 Å². The third kappa shape index (κ3) is 2.35. The number of nitrogens with zero attached hydrogens (tertiary/aromatic N) is 4. The van der Waals surface area contributed by atoms with Gasteiger partial charge in [-0.05, 0) is 6.92 Å². The Morgan fingerprint density at radius 2 is 2.24 bits per heavy atom. The van der Waals surface area contributed by atoms with Gasteiger partial charge in [-0.2, -0.15) is 5.10 Å². The quantitative estimate of drug-likeness (QED) is 0.768. The summed E-state index contributed by atoms with van der Waals surface area (Å²) in [6, 6.07) is 1.80. The number of rotatable bonds is 3. The molecule has 0 saturated heterocycles. The number of aromatic nitrogens is 4. The summed E-state index contributed by atoms with van der Waals surface area (Å²) in [5.41, 5.74) is 1.45. The van der Waals surface area contributed by atoms with E-state index in [9.17, 15) is 4.79 Å². The van der Waals surface area contributed by atoms with Crippen molar-refractivity contribution in [1.29, 1.82) is 0 Å². The van der Waals surface area contributed by atoms with Gasteiger partial charge >= 0.3 is 0 Å². The Morgan fingerprint density at radius 3 is 2.82 bits per heavy atom. The zero-order chi connectivity index (χ0) is 12.4. The predicted molar refractivity (Wildman–Crippen MR) is 62.1 cm³/mol. The van der Waals surface area contributed by atoms with Gasteiger partial charge in [0.25, 0.3) is 11.6 Å². The maximum absolute atomic E-state index is 11.8. The van der Waals surface area contributed by atoms with Gasteiger partial charge in [0.2, 0.25) is 0 Å². The van der Waals surface area contributed by atoms with Crippen LogP contribution in [0.15, 0.2) is 23.3 Å². The molecule has 0 aliphatic carbocycles. The van der Waals surface area contributed by atoms with E-state index in [0.717, 1.165) is 5.56 Å². The highest BCUT2D eigenvalue weighted by atomic mass is 16.5. The molecule has 0 atom stereocenters. The molecule has 0 radical (unpaired) electrons. The van der Waals surface area contributed by atoms with Crippen LogP contribution in [0.3, 0.4) is 0 Å². The summed E-state index contributed by atoms with van der Waals surface area (Å²) in [6.45, 7) is 2.17. The van der Waals surface area contributed by atoms with E-state index in [-0.39, 0.29) is 5.56 Å². The highest BCUT2D eigenvalue weighted by Crippen LogP contribution is 2.07. The first kappa shape index (κ1) is 11.4. The fourth-order valence-electron chi connectivity index (χ4n) is 1.63. The summed E-state index contributed by atoms with van der Waals surface area (Å²) >= 11 is 0. The molecule has 0 unspecified atom stereocenters. The molecule has 2 rings (SSSR count). The number of ether oxygens (including phenoxy) is 1. The number of aryl methyl sites for hydroxylation is 2. The van der Waals surface area contributed by atoms with Gasteiger partial charge in [-0.15, -0.1) is 0 Å². The molecule has 0 aliphatic rings. The van der Waals surface area contributed by atoms with Crippen molar-refractivity contribution in [2.24, 2.45) is 7.05 Å². The predicted octanol–water partition coefficient (Wildman–Crippen LogP) is 0.342. The summed E-state index contributed by atoms with van der Waals surface area (Å²) < 4.78 is 8.28. The van der Waals surface area contributed by atoms with E-state index in [2.05, 4.69) is 10.1 Å². The van der Waals surface area contributed by atoms with E-state index in [1.807, 2.05) is 13.2 Å². The highest BCUT2D eigenvalue weighted by molar-refractivity contribution is 5.11. The second-order valence-electron chi connectivity index (χ2n) is 3.83. The van der Waals surface area contributed by atoms with Crippen LogP contribution in [0.4, 0.5) is 0 Å². The Balaban J connectivity index is 2.41. The normalized spacial score (nSPS) is 10.5. The summed E-state index contributed by atoms with van der Waals surface area (Å²) in [4.78, 5) is 16.0. The van der Waals surface area contributed by atoms with Crippen LogP contribution in [0.5, 0.6) is 6.01 Å². The fraction of sp³-hybridized carbons (Fsp3) is 0.364. The van der Waals surface area contributed by atoms with Crippen LogP contribution in [-0.4, -0.2) is 26.4 Å². The van der Waals surface area contributed by atoms with Gasteiger partial charge in [-0.25, -0.2) is 4.98 Å². The average molecular weight is 234 g/mol. The molecular weight excluding hydrogens is 220 g/mol. The summed E-state index contributed by atoms with van der Waals surface area (Å²) in [6.07, 6.45) is 3.57. The Kier molecular flexibility index (Phi) is 2.95. The summed E-state index contributed by atoms with van der Waals surface area (Å²) in [5.74, 6) is 0. The average Bonchev–Trinajstić information content (AvgIpc) is 2.67. The molecular formula is C11H14N4O2. The smallest absolute Gasteiger partial charge is 0.299 e. The van der Waals surface area contributed by atoms with Gasteiger partial charge < -0.3 is 4.74 Å². The van der Waals surface area contributed by atoms with Crippen molar-refractivity contribution >= 4 is 0 Å². The lowest BCUT2D eigenvalue weighted by Crippen LogP contribution is -2.23. The van der Waals surface area contributed by atoms with Gasteiger partial charge in [0, 0.05) is 30.6 Å². The maximum Gasteiger partial charge on any atom is 0.299 e. The molecule has 0 N–H and O–H groups in total. The zero-order valence-electron chi connectivity index (χ0n) is 10.0. The van der Waals surface area contributed by atoms with E-state index >= 15 is 0 Å².